The van der Waals surface area contributed by atoms with Crippen LogP contribution >= 0.6 is 11.6 Å². The van der Waals surface area contributed by atoms with E-state index in [0.717, 1.165) is 35.7 Å². The maximum absolute atomic E-state index is 14.7. The van der Waals surface area contributed by atoms with Crippen LogP contribution in [0.4, 0.5) is 10.2 Å². The molecule has 1 amide bonds. The lowest BCUT2D eigenvalue weighted by Gasteiger charge is -2.37. The molecular formula is C26H36ClFN4O. The molecule has 5 nitrogen and oxygen atoms in total. The van der Waals surface area contributed by atoms with E-state index in [-0.39, 0.29) is 11.7 Å². The fraction of sp³-hybridized carbons (Fsp3) is 0.577. The van der Waals surface area contributed by atoms with Crippen LogP contribution < -0.4 is 4.90 Å². The summed E-state index contributed by atoms with van der Waals surface area (Å²) in [6.07, 6.45) is 2.43. The van der Waals surface area contributed by atoms with E-state index >= 15 is 0 Å². The van der Waals surface area contributed by atoms with Crippen molar-refractivity contribution in [1.29, 1.82) is 0 Å². The zero-order chi connectivity index (χ0) is 24.1. The number of anilines is 1. The lowest BCUT2D eigenvalue weighted by atomic mass is 10.0. The summed E-state index contributed by atoms with van der Waals surface area (Å²) in [4.78, 5) is 26.5. The zero-order valence-electron chi connectivity index (χ0n) is 20.5. The molecule has 2 aromatic rings. The van der Waals surface area contributed by atoms with Gasteiger partial charge in [-0.15, -0.1) is 0 Å². The molecule has 0 spiro atoms. The van der Waals surface area contributed by atoms with Gasteiger partial charge >= 0.3 is 0 Å². The molecule has 180 valence electrons. The Balaban J connectivity index is 1.95. The normalized spacial score (nSPS) is 14.5. The number of halogens is 2. The Morgan fingerprint density at radius 1 is 1.06 bits per heavy atom. The lowest BCUT2D eigenvalue weighted by Crippen LogP contribution is -2.49. The number of piperazine rings is 1. The summed E-state index contributed by atoms with van der Waals surface area (Å²) in [5, 5.41) is 0.415. The van der Waals surface area contributed by atoms with Crippen molar-refractivity contribution in [3.8, 4) is 0 Å². The fourth-order valence-corrected chi connectivity index (χ4v) is 4.51. The molecule has 1 aliphatic heterocycles. The van der Waals surface area contributed by atoms with Crippen LogP contribution in [0.15, 0.2) is 18.2 Å². The number of hydrogen-bond acceptors (Lipinski definition) is 4. The summed E-state index contributed by atoms with van der Waals surface area (Å²) < 4.78 is 14.7. The van der Waals surface area contributed by atoms with Gasteiger partial charge in [-0.2, -0.15) is 0 Å². The SMILES string of the molecule is CCc1nc(CC(C)C)nc(N2CCN(C(=O)CC(C)C)CC2)c1Cc1c(F)cccc1Cl. The van der Waals surface area contributed by atoms with Gasteiger partial charge in [-0.05, 0) is 30.4 Å². The van der Waals surface area contributed by atoms with Crippen molar-refractivity contribution in [2.45, 2.75) is 60.3 Å². The Hall–Kier alpha value is -2.21. The van der Waals surface area contributed by atoms with Crippen molar-refractivity contribution in [2.24, 2.45) is 11.8 Å². The van der Waals surface area contributed by atoms with E-state index in [1.165, 1.54) is 6.07 Å². The average Bonchev–Trinajstić information content (AvgIpc) is 2.76. The molecule has 0 radical (unpaired) electrons. The maximum Gasteiger partial charge on any atom is 0.222 e. The number of aromatic nitrogens is 2. The third-order valence-electron chi connectivity index (χ3n) is 5.97. The van der Waals surface area contributed by atoms with Crippen LogP contribution in [0.3, 0.4) is 0 Å². The summed E-state index contributed by atoms with van der Waals surface area (Å²) >= 11 is 6.37. The first kappa shape index (κ1) is 25.4. The summed E-state index contributed by atoms with van der Waals surface area (Å²) in [6, 6.07) is 4.79. The molecule has 0 aliphatic carbocycles. The minimum Gasteiger partial charge on any atom is -0.353 e. The van der Waals surface area contributed by atoms with E-state index in [1.54, 1.807) is 12.1 Å². The molecule has 33 heavy (non-hydrogen) atoms. The van der Waals surface area contributed by atoms with Gasteiger partial charge in [0, 0.05) is 67.3 Å². The van der Waals surface area contributed by atoms with Crippen molar-refractivity contribution >= 4 is 23.3 Å². The third-order valence-corrected chi connectivity index (χ3v) is 6.33. The van der Waals surface area contributed by atoms with Crippen LogP contribution in [-0.2, 0) is 24.1 Å². The van der Waals surface area contributed by atoms with Crippen LogP contribution in [0.1, 0.15) is 63.7 Å². The van der Waals surface area contributed by atoms with E-state index < -0.39 is 0 Å². The second-order valence-corrected chi connectivity index (χ2v) is 10.1. The van der Waals surface area contributed by atoms with E-state index in [1.807, 2.05) is 4.90 Å². The number of aryl methyl sites for hydroxylation is 1. The molecule has 1 aromatic heterocycles. The Labute approximate surface area is 202 Å². The smallest absolute Gasteiger partial charge is 0.222 e. The first-order valence-electron chi connectivity index (χ1n) is 12.0. The molecule has 7 heteroatoms. The number of carbonyl (C=O) groups is 1. The average molecular weight is 475 g/mol. The summed E-state index contributed by atoms with van der Waals surface area (Å²) in [5.41, 5.74) is 2.34. The van der Waals surface area contributed by atoms with Gasteiger partial charge in [-0.3, -0.25) is 4.79 Å². The Morgan fingerprint density at radius 3 is 2.33 bits per heavy atom. The van der Waals surface area contributed by atoms with Gasteiger partial charge in [0.2, 0.25) is 5.91 Å². The molecule has 1 fully saturated rings. The van der Waals surface area contributed by atoms with E-state index in [4.69, 9.17) is 21.6 Å². The topological polar surface area (TPSA) is 49.3 Å². The van der Waals surface area contributed by atoms with Crippen molar-refractivity contribution in [3.63, 3.8) is 0 Å². The van der Waals surface area contributed by atoms with Gasteiger partial charge in [0.25, 0.3) is 0 Å². The molecule has 1 aliphatic rings. The Kier molecular flexibility index (Phi) is 8.69. The van der Waals surface area contributed by atoms with Crippen molar-refractivity contribution in [2.75, 3.05) is 31.1 Å². The van der Waals surface area contributed by atoms with Crippen molar-refractivity contribution in [3.05, 3.63) is 51.7 Å². The summed E-state index contributed by atoms with van der Waals surface area (Å²) in [5.74, 6) is 2.35. The first-order valence-corrected chi connectivity index (χ1v) is 12.4. The number of hydrogen-bond donors (Lipinski definition) is 0. The molecule has 0 saturated carbocycles. The second kappa shape index (κ2) is 11.3. The fourth-order valence-electron chi connectivity index (χ4n) is 4.28. The standard InChI is InChI=1S/C26H36ClFN4O/c1-6-23-20(16-19-21(27)8-7-9-22(19)28)26(30-24(29-23)14-17(2)3)32-12-10-31(11-13-32)25(33)15-18(4)5/h7-9,17-18H,6,10-16H2,1-5H3. The quantitative estimate of drug-likeness (QED) is 0.519. The molecular weight excluding hydrogens is 439 g/mol. The van der Waals surface area contributed by atoms with E-state index in [2.05, 4.69) is 39.5 Å². The molecule has 0 N–H and O–H groups in total. The highest BCUT2D eigenvalue weighted by Gasteiger charge is 2.26. The molecule has 0 atom stereocenters. The van der Waals surface area contributed by atoms with Crippen LogP contribution in [0.25, 0.3) is 0 Å². The van der Waals surface area contributed by atoms with Crippen LogP contribution in [-0.4, -0.2) is 47.0 Å². The predicted molar refractivity (Wildman–Crippen MR) is 132 cm³/mol. The van der Waals surface area contributed by atoms with Crippen LogP contribution in [0.2, 0.25) is 5.02 Å². The molecule has 1 aromatic carbocycles. The minimum absolute atomic E-state index is 0.209. The number of rotatable bonds is 8. The van der Waals surface area contributed by atoms with E-state index in [0.29, 0.717) is 61.4 Å². The van der Waals surface area contributed by atoms with Gasteiger partial charge in [-0.25, -0.2) is 14.4 Å². The highest BCUT2D eigenvalue weighted by atomic mass is 35.5. The van der Waals surface area contributed by atoms with Gasteiger partial charge in [0.05, 0.1) is 0 Å². The molecule has 1 saturated heterocycles. The highest BCUT2D eigenvalue weighted by Crippen LogP contribution is 2.30. The summed E-state index contributed by atoms with van der Waals surface area (Å²) in [6.45, 7) is 13.2. The lowest BCUT2D eigenvalue weighted by molar-refractivity contribution is -0.132. The van der Waals surface area contributed by atoms with Crippen LogP contribution in [0.5, 0.6) is 0 Å². The number of benzene rings is 1. The largest absolute Gasteiger partial charge is 0.353 e. The monoisotopic (exact) mass is 474 g/mol. The van der Waals surface area contributed by atoms with Crippen LogP contribution in [0, 0.1) is 17.7 Å². The Morgan fingerprint density at radius 2 is 1.76 bits per heavy atom. The Bertz CT molecular complexity index is 951. The van der Waals surface area contributed by atoms with Crippen molar-refractivity contribution < 1.29 is 9.18 Å². The third kappa shape index (κ3) is 6.44. The van der Waals surface area contributed by atoms with Gasteiger partial charge < -0.3 is 9.80 Å². The molecule has 0 bridgehead atoms. The predicted octanol–water partition coefficient (Wildman–Crippen LogP) is 5.32. The van der Waals surface area contributed by atoms with Crippen molar-refractivity contribution in [1.82, 2.24) is 14.9 Å². The zero-order valence-corrected chi connectivity index (χ0v) is 21.3. The molecule has 3 rings (SSSR count). The summed E-state index contributed by atoms with van der Waals surface area (Å²) in [7, 11) is 0. The van der Waals surface area contributed by atoms with Gasteiger partial charge in [0.15, 0.2) is 0 Å². The van der Waals surface area contributed by atoms with Gasteiger partial charge in [0.1, 0.15) is 17.5 Å². The first-order chi connectivity index (χ1) is 15.7. The molecule has 0 unspecified atom stereocenters. The minimum atomic E-state index is -0.314. The second-order valence-electron chi connectivity index (χ2n) is 9.68. The highest BCUT2D eigenvalue weighted by molar-refractivity contribution is 6.31. The number of carbonyl (C=O) groups excluding carboxylic acids is 1. The van der Waals surface area contributed by atoms with Gasteiger partial charge in [-0.1, -0.05) is 52.3 Å². The molecule has 2 heterocycles. The number of nitrogens with zero attached hydrogens (tertiary/aromatic N) is 4. The number of amides is 1. The maximum atomic E-state index is 14.7. The van der Waals surface area contributed by atoms with E-state index in [9.17, 15) is 9.18 Å².